The van der Waals surface area contributed by atoms with Crippen LogP contribution in [0.25, 0.3) is 0 Å². The van der Waals surface area contributed by atoms with Gasteiger partial charge in [0.15, 0.2) is 0 Å². The van der Waals surface area contributed by atoms with Crippen molar-refractivity contribution in [1.82, 2.24) is 0 Å². The van der Waals surface area contributed by atoms with Crippen LogP contribution in [0.3, 0.4) is 0 Å². The minimum atomic E-state index is -0.445. The van der Waals surface area contributed by atoms with Crippen LogP contribution < -0.4 is 10.6 Å². The molecule has 2 amide bonds. The fourth-order valence-electron chi connectivity index (χ4n) is 3.99. The second kappa shape index (κ2) is 9.89. The van der Waals surface area contributed by atoms with Gasteiger partial charge in [-0.25, -0.2) is 4.79 Å². The molecule has 2 aromatic heterocycles. The summed E-state index contributed by atoms with van der Waals surface area (Å²) in [6, 6.07) is 8.95. The summed E-state index contributed by atoms with van der Waals surface area (Å²) in [4.78, 5) is 41.0. The van der Waals surface area contributed by atoms with Crippen LogP contribution >= 0.6 is 22.7 Å². The Morgan fingerprint density at radius 3 is 2.30 bits per heavy atom. The van der Waals surface area contributed by atoms with Crippen LogP contribution in [0.15, 0.2) is 30.3 Å². The smallest absolute Gasteiger partial charge is 0.341 e. The Bertz CT molecular complexity index is 1210. The molecule has 0 radical (unpaired) electrons. The normalized spacial score (nSPS) is 12.7. The van der Waals surface area contributed by atoms with Gasteiger partial charge in [-0.1, -0.05) is 18.2 Å². The number of hydrogen-bond donors (Lipinski definition) is 2. The molecule has 0 bridgehead atoms. The molecule has 0 saturated carbocycles. The number of thiophene rings is 2. The summed E-state index contributed by atoms with van der Waals surface area (Å²) in [5.74, 6) is -1.01. The number of anilines is 2. The predicted molar refractivity (Wildman–Crippen MR) is 133 cm³/mol. The number of rotatable bonds is 6. The number of fused-ring (bicyclic) bond motifs is 1. The Morgan fingerprint density at radius 1 is 0.909 bits per heavy atom. The van der Waals surface area contributed by atoms with Gasteiger partial charge >= 0.3 is 5.97 Å². The zero-order valence-electron chi connectivity index (χ0n) is 18.9. The van der Waals surface area contributed by atoms with E-state index in [0.29, 0.717) is 26.7 Å². The van der Waals surface area contributed by atoms with Gasteiger partial charge in [0.05, 0.1) is 17.7 Å². The fraction of sp³-hybridized carbons (Fsp3) is 0.320. The molecule has 0 atom stereocenters. The van der Waals surface area contributed by atoms with E-state index in [2.05, 4.69) is 10.6 Å². The molecule has 0 saturated heterocycles. The molecule has 172 valence electrons. The van der Waals surface area contributed by atoms with Crippen molar-refractivity contribution in [1.29, 1.82) is 0 Å². The number of esters is 1. The lowest BCUT2D eigenvalue weighted by Gasteiger charge is -2.13. The van der Waals surface area contributed by atoms with E-state index in [1.54, 1.807) is 31.2 Å². The van der Waals surface area contributed by atoms with E-state index in [9.17, 15) is 14.4 Å². The predicted octanol–water partition coefficient (Wildman–Crippen LogP) is 5.99. The van der Waals surface area contributed by atoms with Gasteiger partial charge in [-0.3, -0.25) is 9.59 Å². The highest BCUT2D eigenvalue weighted by molar-refractivity contribution is 7.17. The van der Waals surface area contributed by atoms with Crippen LogP contribution in [-0.2, 0) is 17.6 Å². The van der Waals surface area contributed by atoms with Gasteiger partial charge in [0, 0.05) is 15.3 Å². The van der Waals surface area contributed by atoms with Crippen molar-refractivity contribution in [3.63, 3.8) is 0 Å². The van der Waals surface area contributed by atoms with Gasteiger partial charge in [0.1, 0.15) is 10.0 Å². The van der Waals surface area contributed by atoms with Crippen molar-refractivity contribution < 1.29 is 19.1 Å². The van der Waals surface area contributed by atoms with Gasteiger partial charge in [0.25, 0.3) is 11.8 Å². The zero-order chi connectivity index (χ0) is 23.5. The summed E-state index contributed by atoms with van der Waals surface area (Å²) in [6.07, 6.45) is 3.76. The minimum Gasteiger partial charge on any atom is -0.462 e. The van der Waals surface area contributed by atoms with Crippen LogP contribution in [0.4, 0.5) is 10.0 Å². The molecular formula is C25H26N2O4S2. The first-order valence-corrected chi connectivity index (χ1v) is 12.6. The Morgan fingerprint density at radius 2 is 1.58 bits per heavy atom. The van der Waals surface area contributed by atoms with Crippen LogP contribution in [-0.4, -0.2) is 24.4 Å². The van der Waals surface area contributed by atoms with Gasteiger partial charge < -0.3 is 15.4 Å². The van der Waals surface area contributed by atoms with Crippen molar-refractivity contribution >= 4 is 50.5 Å². The number of amides is 2. The largest absolute Gasteiger partial charge is 0.462 e. The monoisotopic (exact) mass is 482 g/mol. The summed E-state index contributed by atoms with van der Waals surface area (Å²) in [7, 11) is 0. The molecule has 0 unspecified atom stereocenters. The van der Waals surface area contributed by atoms with Crippen molar-refractivity contribution in [3.8, 4) is 0 Å². The highest BCUT2D eigenvalue weighted by atomic mass is 32.1. The van der Waals surface area contributed by atoms with Crippen LogP contribution in [0.2, 0.25) is 0 Å². The third-order valence-corrected chi connectivity index (χ3v) is 8.08. The number of aryl methyl sites for hydroxylation is 2. The topological polar surface area (TPSA) is 84.5 Å². The third-order valence-electron chi connectivity index (χ3n) is 5.75. The van der Waals surface area contributed by atoms with Gasteiger partial charge in [-0.15, -0.1) is 22.7 Å². The van der Waals surface area contributed by atoms with Crippen molar-refractivity contribution in [3.05, 3.63) is 67.9 Å². The fourth-order valence-corrected chi connectivity index (χ4v) is 6.31. The summed E-state index contributed by atoms with van der Waals surface area (Å²) < 4.78 is 5.21. The van der Waals surface area contributed by atoms with Crippen molar-refractivity contribution in [2.24, 2.45) is 0 Å². The summed E-state index contributed by atoms with van der Waals surface area (Å²) in [6.45, 7) is 5.78. The highest BCUT2D eigenvalue weighted by Gasteiger charge is 2.29. The van der Waals surface area contributed by atoms with E-state index in [1.807, 2.05) is 19.9 Å². The number of ether oxygens (including phenoxy) is 1. The Kier molecular flexibility index (Phi) is 6.95. The molecule has 8 heteroatoms. The molecule has 3 aromatic rings. The molecule has 1 aliphatic rings. The number of carbonyl (C=O) groups is 3. The molecule has 33 heavy (non-hydrogen) atoms. The molecule has 0 spiro atoms. The van der Waals surface area contributed by atoms with E-state index >= 15 is 0 Å². The van der Waals surface area contributed by atoms with Gasteiger partial charge in [-0.2, -0.15) is 0 Å². The lowest BCUT2D eigenvalue weighted by atomic mass is 9.95. The van der Waals surface area contributed by atoms with E-state index in [-0.39, 0.29) is 18.4 Å². The maximum absolute atomic E-state index is 13.5. The van der Waals surface area contributed by atoms with Crippen molar-refractivity contribution in [2.45, 2.75) is 46.5 Å². The molecule has 0 fully saturated rings. The Hall–Kier alpha value is -2.97. The lowest BCUT2D eigenvalue weighted by molar-refractivity contribution is 0.0527. The molecule has 4 rings (SSSR count). The second-order valence-corrected chi connectivity index (χ2v) is 10.2. The highest BCUT2D eigenvalue weighted by Crippen LogP contribution is 2.40. The molecule has 2 heterocycles. The van der Waals surface area contributed by atoms with E-state index in [4.69, 9.17) is 4.74 Å². The van der Waals surface area contributed by atoms with Crippen LogP contribution in [0, 0.1) is 13.8 Å². The molecule has 1 aromatic carbocycles. The maximum atomic E-state index is 13.5. The lowest BCUT2D eigenvalue weighted by Crippen LogP contribution is -2.19. The Balaban J connectivity index is 1.68. The van der Waals surface area contributed by atoms with Crippen LogP contribution in [0.5, 0.6) is 0 Å². The van der Waals surface area contributed by atoms with E-state index in [0.717, 1.165) is 46.6 Å². The number of carbonyl (C=O) groups excluding carboxylic acids is 3. The number of nitrogens with one attached hydrogen (secondary N) is 2. The zero-order valence-corrected chi connectivity index (χ0v) is 20.5. The van der Waals surface area contributed by atoms with E-state index < -0.39 is 5.97 Å². The average Bonchev–Trinajstić information content (AvgIpc) is 3.30. The number of hydrogen-bond acceptors (Lipinski definition) is 6. The molecular weight excluding hydrogens is 456 g/mol. The van der Waals surface area contributed by atoms with Crippen molar-refractivity contribution in [2.75, 3.05) is 17.2 Å². The summed E-state index contributed by atoms with van der Waals surface area (Å²) in [5, 5.41) is 6.94. The summed E-state index contributed by atoms with van der Waals surface area (Å²) in [5.41, 5.74) is 3.22. The van der Waals surface area contributed by atoms with Crippen LogP contribution in [0.1, 0.15) is 71.7 Å². The minimum absolute atomic E-state index is 0.252. The standard InChI is InChI=1S/C25H26N2O4S2/c1-4-31-25(30)19-14(2)15(3)32-23(19)27-22(29)20-17-12-8-9-13-18(17)33-24(20)26-21(28)16-10-6-5-7-11-16/h5-7,10-11H,4,8-9,12-13H2,1-3H3,(H,26,28)(H,27,29). The SMILES string of the molecule is CCOC(=O)c1c(NC(=O)c2c(NC(=O)c3ccccc3)sc3c2CCCC3)sc(C)c1C. The summed E-state index contributed by atoms with van der Waals surface area (Å²) >= 11 is 2.83. The second-order valence-electron chi connectivity index (χ2n) is 7.90. The Labute approximate surface area is 201 Å². The van der Waals surface area contributed by atoms with E-state index in [1.165, 1.54) is 22.7 Å². The molecule has 2 N–H and O–H groups in total. The van der Waals surface area contributed by atoms with Gasteiger partial charge in [-0.05, 0) is 69.7 Å². The molecule has 6 nitrogen and oxygen atoms in total. The first-order valence-electron chi connectivity index (χ1n) is 11.0. The molecule has 0 aliphatic heterocycles. The first kappa shape index (κ1) is 23.2. The average molecular weight is 483 g/mol. The first-order chi connectivity index (χ1) is 15.9. The number of benzene rings is 1. The molecule has 1 aliphatic carbocycles. The maximum Gasteiger partial charge on any atom is 0.341 e. The quantitative estimate of drug-likeness (QED) is 0.423. The van der Waals surface area contributed by atoms with Gasteiger partial charge in [0.2, 0.25) is 0 Å². The third kappa shape index (κ3) is 4.72.